The van der Waals surface area contributed by atoms with Crippen molar-refractivity contribution >= 4 is 17.5 Å². The molecule has 1 fully saturated rings. The third-order valence-electron chi connectivity index (χ3n) is 5.09. The molecule has 2 aromatic rings. The molecule has 0 spiro atoms. The quantitative estimate of drug-likeness (QED) is 0.593. The van der Waals surface area contributed by atoms with Crippen LogP contribution in [0.4, 0.5) is 5.69 Å². The van der Waals surface area contributed by atoms with Gasteiger partial charge in [-0.3, -0.25) is 19.7 Å². The Morgan fingerprint density at radius 1 is 1.00 bits per heavy atom. The molecule has 0 unspecified atom stereocenters. The first-order valence-corrected chi connectivity index (χ1v) is 9.40. The second kappa shape index (κ2) is 9.12. The van der Waals surface area contributed by atoms with E-state index in [-0.39, 0.29) is 29.7 Å². The first-order chi connectivity index (χ1) is 13.5. The first kappa shape index (κ1) is 19.5. The van der Waals surface area contributed by atoms with E-state index in [0.29, 0.717) is 5.92 Å². The molecule has 7 nitrogen and oxygen atoms in total. The lowest BCUT2D eigenvalue weighted by Gasteiger charge is -2.29. The maximum absolute atomic E-state index is 12.1. The van der Waals surface area contributed by atoms with Crippen LogP contribution in [0.25, 0.3) is 0 Å². The predicted molar refractivity (Wildman–Crippen MR) is 105 cm³/mol. The van der Waals surface area contributed by atoms with E-state index in [9.17, 15) is 19.7 Å². The van der Waals surface area contributed by atoms with Gasteiger partial charge in [0.1, 0.15) is 0 Å². The number of rotatable bonds is 6. The van der Waals surface area contributed by atoms with Crippen LogP contribution in [-0.4, -0.2) is 29.3 Å². The zero-order valence-corrected chi connectivity index (χ0v) is 15.5. The molecule has 0 heterocycles. The third kappa shape index (κ3) is 5.16. The smallest absolute Gasteiger partial charge is 0.270 e. The molecule has 7 heteroatoms. The summed E-state index contributed by atoms with van der Waals surface area (Å²) in [5.41, 5.74) is 1.34. The fourth-order valence-corrected chi connectivity index (χ4v) is 3.60. The highest BCUT2D eigenvalue weighted by molar-refractivity contribution is 5.96. The van der Waals surface area contributed by atoms with Gasteiger partial charge in [0, 0.05) is 23.7 Å². The maximum atomic E-state index is 12.1. The SMILES string of the molecule is O=C(CNC(=O)c1cccc([N+](=O)[O-])c1)NC1CCC(c2ccccc2)CC1. The highest BCUT2D eigenvalue weighted by atomic mass is 16.6. The molecule has 3 rings (SSSR count). The van der Waals surface area contributed by atoms with Gasteiger partial charge in [0.15, 0.2) is 0 Å². The molecular formula is C21H23N3O4. The Morgan fingerprint density at radius 2 is 1.71 bits per heavy atom. The fourth-order valence-electron chi connectivity index (χ4n) is 3.60. The van der Waals surface area contributed by atoms with Crippen molar-refractivity contribution < 1.29 is 14.5 Å². The number of benzene rings is 2. The minimum absolute atomic E-state index is 0.113. The Kier molecular flexibility index (Phi) is 6.37. The summed E-state index contributed by atoms with van der Waals surface area (Å²) < 4.78 is 0. The van der Waals surface area contributed by atoms with Crippen LogP contribution in [0.15, 0.2) is 54.6 Å². The Labute approximate surface area is 163 Å². The van der Waals surface area contributed by atoms with Gasteiger partial charge >= 0.3 is 0 Å². The minimum Gasteiger partial charge on any atom is -0.352 e. The molecule has 0 radical (unpaired) electrons. The molecule has 0 bridgehead atoms. The molecule has 0 aromatic heterocycles. The molecule has 1 aliphatic rings. The summed E-state index contributed by atoms with van der Waals surface area (Å²) in [6, 6.07) is 15.9. The number of nitro benzene ring substituents is 1. The number of nitrogens with zero attached hydrogens (tertiary/aromatic N) is 1. The summed E-state index contributed by atoms with van der Waals surface area (Å²) in [5.74, 6) is -0.225. The average molecular weight is 381 g/mol. The van der Waals surface area contributed by atoms with Gasteiger partial charge in [0.25, 0.3) is 11.6 Å². The van der Waals surface area contributed by atoms with Crippen LogP contribution >= 0.6 is 0 Å². The second-order valence-electron chi connectivity index (χ2n) is 7.02. The standard InChI is InChI=1S/C21H23N3O4/c25-20(14-22-21(26)17-7-4-8-19(13-17)24(27)28)23-18-11-9-16(10-12-18)15-5-2-1-3-6-15/h1-8,13,16,18H,9-12,14H2,(H,22,26)(H,23,25). The van der Waals surface area contributed by atoms with Crippen LogP contribution in [0.5, 0.6) is 0 Å². The molecule has 0 aliphatic heterocycles. The summed E-state index contributed by atoms with van der Waals surface area (Å²) in [5, 5.41) is 16.3. The number of nitrogens with one attached hydrogen (secondary N) is 2. The summed E-state index contributed by atoms with van der Waals surface area (Å²) in [7, 11) is 0. The van der Waals surface area contributed by atoms with Crippen LogP contribution in [0.3, 0.4) is 0 Å². The van der Waals surface area contributed by atoms with E-state index in [1.54, 1.807) is 0 Å². The number of non-ortho nitro benzene ring substituents is 1. The van der Waals surface area contributed by atoms with E-state index >= 15 is 0 Å². The monoisotopic (exact) mass is 381 g/mol. The molecule has 1 saturated carbocycles. The van der Waals surface area contributed by atoms with Gasteiger partial charge in [-0.1, -0.05) is 36.4 Å². The molecule has 2 aromatic carbocycles. The van der Waals surface area contributed by atoms with Crippen molar-refractivity contribution in [3.8, 4) is 0 Å². The summed E-state index contributed by atoms with van der Waals surface area (Å²) in [6.45, 7) is -0.153. The predicted octanol–water partition coefficient (Wildman–Crippen LogP) is 3.17. The van der Waals surface area contributed by atoms with Crippen molar-refractivity contribution in [1.82, 2.24) is 10.6 Å². The molecule has 0 atom stereocenters. The van der Waals surface area contributed by atoms with Gasteiger partial charge in [-0.15, -0.1) is 0 Å². The third-order valence-corrected chi connectivity index (χ3v) is 5.09. The second-order valence-corrected chi connectivity index (χ2v) is 7.02. The molecule has 0 saturated heterocycles. The van der Waals surface area contributed by atoms with Crippen LogP contribution < -0.4 is 10.6 Å². The highest BCUT2D eigenvalue weighted by Gasteiger charge is 2.23. The number of nitro groups is 1. The number of carbonyl (C=O) groups excluding carboxylic acids is 2. The topological polar surface area (TPSA) is 101 Å². The molecule has 28 heavy (non-hydrogen) atoms. The lowest BCUT2D eigenvalue weighted by Crippen LogP contribution is -2.43. The number of hydrogen-bond acceptors (Lipinski definition) is 4. The van der Waals surface area contributed by atoms with E-state index in [1.165, 1.54) is 29.8 Å². The number of hydrogen-bond donors (Lipinski definition) is 2. The van der Waals surface area contributed by atoms with Crippen molar-refractivity contribution in [3.05, 3.63) is 75.8 Å². The zero-order valence-electron chi connectivity index (χ0n) is 15.5. The van der Waals surface area contributed by atoms with E-state index in [1.807, 2.05) is 18.2 Å². The maximum Gasteiger partial charge on any atom is 0.270 e. The van der Waals surface area contributed by atoms with Gasteiger partial charge < -0.3 is 10.6 Å². The summed E-state index contributed by atoms with van der Waals surface area (Å²) >= 11 is 0. The van der Waals surface area contributed by atoms with Crippen molar-refractivity contribution in [1.29, 1.82) is 0 Å². The molecule has 2 N–H and O–H groups in total. The van der Waals surface area contributed by atoms with Crippen molar-refractivity contribution in [2.45, 2.75) is 37.6 Å². The molecule has 146 valence electrons. The zero-order chi connectivity index (χ0) is 19.9. The molecule has 1 aliphatic carbocycles. The van der Waals surface area contributed by atoms with Crippen molar-refractivity contribution in [3.63, 3.8) is 0 Å². The molecule has 2 amide bonds. The van der Waals surface area contributed by atoms with E-state index in [0.717, 1.165) is 25.7 Å². The Hall–Kier alpha value is -3.22. The lowest BCUT2D eigenvalue weighted by atomic mass is 9.82. The number of amides is 2. The van der Waals surface area contributed by atoms with Gasteiger partial charge in [0.2, 0.25) is 5.91 Å². The van der Waals surface area contributed by atoms with Gasteiger partial charge in [0.05, 0.1) is 11.5 Å². The van der Waals surface area contributed by atoms with E-state index in [4.69, 9.17) is 0 Å². The van der Waals surface area contributed by atoms with Crippen LogP contribution in [0.2, 0.25) is 0 Å². The summed E-state index contributed by atoms with van der Waals surface area (Å²) in [4.78, 5) is 34.5. The highest BCUT2D eigenvalue weighted by Crippen LogP contribution is 2.32. The van der Waals surface area contributed by atoms with Crippen LogP contribution in [0, 0.1) is 10.1 Å². The van der Waals surface area contributed by atoms with Gasteiger partial charge in [-0.25, -0.2) is 0 Å². The van der Waals surface area contributed by atoms with E-state index in [2.05, 4.69) is 22.8 Å². The van der Waals surface area contributed by atoms with Crippen molar-refractivity contribution in [2.75, 3.05) is 6.54 Å². The Morgan fingerprint density at radius 3 is 2.39 bits per heavy atom. The Bertz CT molecular complexity index is 846. The largest absolute Gasteiger partial charge is 0.352 e. The summed E-state index contributed by atoms with van der Waals surface area (Å²) in [6.07, 6.45) is 3.86. The normalized spacial score (nSPS) is 18.9. The van der Waals surface area contributed by atoms with Gasteiger partial charge in [-0.2, -0.15) is 0 Å². The lowest BCUT2D eigenvalue weighted by molar-refractivity contribution is -0.384. The fraction of sp³-hybridized carbons (Fsp3) is 0.333. The average Bonchev–Trinajstić information content (AvgIpc) is 2.73. The first-order valence-electron chi connectivity index (χ1n) is 9.40. The Balaban J connectivity index is 1.43. The van der Waals surface area contributed by atoms with Crippen LogP contribution in [0.1, 0.15) is 47.5 Å². The van der Waals surface area contributed by atoms with Gasteiger partial charge in [-0.05, 0) is 43.2 Å². The minimum atomic E-state index is -0.560. The van der Waals surface area contributed by atoms with Crippen LogP contribution in [-0.2, 0) is 4.79 Å². The van der Waals surface area contributed by atoms with E-state index < -0.39 is 10.8 Å². The van der Waals surface area contributed by atoms with Crippen molar-refractivity contribution in [2.24, 2.45) is 0 Å². The number of carbonyl (C=O) groups is 2. The molecular weight excluding hydrogens is 358 g/mol.